The highest BCUT2D eigenvalue weighted by atomic mass is 32.1. The van der Waals surface area contributed by atoms with Crippen molar-refractivity contribution in [3.8, 4) is 84.5 Å². The molecule has 0 amide bonds. The van der Waals surface area contributed by atoms with Crippen molar-refractivity contribution in [1.29, 1.82) is 0 Å². The third-order valence-electron chi connectivity index (χ3n) is 12.9. The second-order valence-electron chi connectivity index (χ2n) is 17.0. The molecule has 13 rings (SSSR count). The summed E-state index contributed by atoms with van der Waals surface area (Å²) < 4.78 is 4.84. The van der Waals surface area contributed by atoms with E-state index >= 15 is 0 Å². The van der Waals surface area contributed by atoms with Gasteiger partial charge in [0.05, 0.1) is 16.7 Å². The van der Waals surface area contributed by atoms with Gasteiger partial charge in [-0.15, -0.1) is 11.3 Å². The molecule has 0 spiro atoms. The minimum Gasteiger partial charge on any atom is -0.309 e. The van der Waals surface area contributed by atoms with Gasteiger partial charge < -0.3 is 4.57 Å². The number of benzene rings is 9. The first-order chi connectivity index (χ1) is 33.7. The lowest BCUT2D eigenvalue weighted by atomic mass is 9.91. The number of rotatable bonds is 8. The molecule has 4 aromatic heterocycles. The molecule has 318 valence electrons. The van der Waals surface area contributed by atoms with Crippen molar-refractivity contribution < 1.29 is 0 Å². The molecular weight excluding hydrogens is 847 g/mol. The molecule has 0 unspecified atom stereocenters. The van der Waals surface area contributed by atoms with Crippen molar-refractivity contribution >= 4 is 53.3 Å². The van der Waals surface area contributed by atoms with Crippen LogP contribution in [0.3, 0.4) is 0 Å². The fourth-order valence-corrected chi connectivity index (χ4v) is 10.9. The summed E-state index contributed by atoms with van der Waals surface area (Å²) in [5.74, 6) is 1.75. The van der Waals surface area contributed by atoms with E-state index in [1.165, 1.54) is 47.5 Å². The van der Waals surface area contributed by atoms with Crippen LogP contribution in [0.15, 0.2) is 237 Å². The summed E-state index contributed by atoms with van der Waals surface area (Å²) in [6, 6.07) is 81.2. The van der Waals surface area contributed by atoms with Crippen molar-refractivity contribution in [2.45, 2.75) is 0 Å². The van der Waals surface area contributed by atoms with Gasteiger partial charge in [-0.25, -0.2) is 15.0 Å². The first kappa shape index (κ1) is 39.5. The Kier molecular flexibility index (Phi) is 9.62. The van der Waals surface area contributed by atoms with Gasteiger partial charge in [-0.05, 0) is 70.3 Å². The number of nitrogens with zero attached hydrogens (tertiary/aromatic N) is 5. The van der Waals surface area contributed by atoms with Crippen molar-refractivity contribution in [3.05, 3.63) is 237 Å². The van der Waals surface area contributed by atoms with Gasteiger partial charge >= 0.3 is 0 Å². The van der Waals surface area contributed by atoms with Gasteiger partial charge in [0, 0.05) is 70.6 Å². The topological polar surface area (TPSA) is 56.5 Å². The fraction of sp³-hybridized carbons (Fsp3) is 0. The van der Waals surface area contributed by atoms with E-state index < -0.39 is 0 Å². The number of pyridine rings is 1. The maximum atomic E-state index is 5.38. The van der Waals surface area contributed by atoms with E-state index in [2.05, 4.69) is 174 Å². The average Bonchev–Trinajstić information content (AvgIpc) is 3.97. The quantitative estimate of drug-likeness (QED) is 0.153. The zero-order valence-corrected chi connectivity index (χ0v) is 37.5. The van der Waals surface area contributed by atoms with Gasteiger partial charge in [-0.2, -0.15) is 0 Å². The molecule has 0 saturated heterocycles. The molecule has 0 aliphatic heterocycles. The number of thiophene rings is 1. The van der Waals surface area contributed by atoms with E-state index in [-0.39, 0.29) is 0 Å². The Morgan fingerprint density at radius 1 is 0.338 bits per heavy atom. The van der Waals surface area contributed by atoms with Crippen molar-refractivity contribution in [2.24, 2.45) is 0 Å². The Morgan fingerprint density at radius 3 is 1.56 bits per heavy atom. The Labute approximate surface area is 397 Å². The maximum Gasteiger partial charge on any atom is 0.166 e. The summed E-state index contributed by atoms with van der Waals surface area (Å²) in [5, 5.41) is 4.95. The fourth-order valence-electron chi connectivity index (χ4n) is 9.71. The summed E-state index contributed by atoms with van der Waals surface area (Å²) in [5.41, 5.74) is 14.6. The van der Waals surface area contributed by atoms with E-state index in [4.69, 9.17) is 19.9 Å². The summed E-state index contributed by atoms with van der Waals surface area (Å²) >= 11 is 1.82. The number of hydrogen-bond acceptors (Lipinski definition) is 5. The molecular formula is C62H39N5S. The van der Waals surface area contributed by atoms with Gasteiger partial charge in [0.2, 0.25) is 0 Å². The van der Waals surface area contributed by atoms with E-state index in [0.29, 0.717) is 17.5 Å². The number of aromatic nitrogens is 5. The zero-order chi connectivity index (χ0) is 45.0. The van der Waals surface area contributed by atoms with E-state index in [9.17, 15) is 0 Å². The number of hydrogen-bond donors (Lipinski definition) is 0. The molecule has 0 N–H and O–H groups in total. The molecule has 5 nitrogen and oxygen atoms in total. The minimum absolute atomic E-state index is 0.553. The first-order valence-corrected chi connectivity index (χ1v) is 23.6. The lowest BCUT2D eigenvalue weighted by Crippen LogP contribution is -2.02. The third kappa shape index (κ3) is 6.86. The number of para-hydroxylation sites is 2. The lowest BCUT2D eigenvalue weighted by molar-refractivity contribution is 1.07. The largest absolute Gasteiger partial charge is 0.309 e. The first-order valence-electron chi connectivity index (χ1n) is 22.8. The highest BCUT2D eigenvalue weighted by molar-refractivity contribution is 7.26. The van der Waals surface area contributed by atoms with Crippen LogP contribution in [0.2, 0.25) is 0 Å². The zero-order valence-electron chi connectivity index (χ0n) is 36.7. The van der Waals surface area contributed by atoms with E-state index in [1.54, 1.807) is 0 Å². The smallest absolute Gasteiger partial charge is 0.166 e. The SMILES string of the molecule is c1ccc(-c2nc(-c3ccccc3)nc(-c3cc(-c4ccc(-c5ccccc5)c(-c5ccccc5)c4)cnc3-c3ccc4c(c3)sc3ccc5c6ccccc6n(-c6ccccc6)c5c34)n2)cc1. The highest BCUT2D eigenvalue weighted by Crippen LogP contribution is 2.45. The molecule has 9 aromatic carbocycles. The van der Waals surface area contributed by atoms with Crippen LogP contribution in [-0.2, 0) is 0 Å². The standard InChI is InChI=1S/C62H39N5S/c1-6-18-40(19-7-1)48-32-30-44(36-52(48)41-20-8-2-9-21-41)46-37-53(62-65-60(42-22-10-3-11-23-42)64-61(66-62)43-24-12-4-13-25-43)58(63-39-46)45-31-33-51-56(38-45)68-55-35-34-50-49-28-16-17-29-54(49)67(59(50)57(51)55)47-26-14-5-15-27-47/h1-39H. The van der Waals surface area contributed by atoms with Crippen LogP contribution in [0.1, 0.15) is 0 Å². The maximum absolute atomic E-state index is 5.38. The summed E-state index contributed by atoms with van der Waals surface area (Å²) in [7, 11) is 0. The van der Waals surface area contributed by atoms with Crippen molar-refractivity contribution in [3.63, 3.8) is 0 Å². The van der Waals surface area contributed by atoms with Crippen LogP contribution in [0.25, 0.3) is 126 Å². The van der Waals surface area contributed by atoms with Gasteiger partial charge in [-0.1, -0.05) is 188 Å². The van der Waals surface area contributed by atoms with Crippen LogP contribution in [0, 0.1) is 0 Å². The summed E-state index contributed by atoms with van der Waals surface area (Å²) in [6.45, 7) is 0. The highest BCUT2D eigenvalue weighted by Gasteiger charge is 2.22. The molecule has 0 fully saturated rings. The molecule has 68 heavy (non-hydrogen) atoms. The summed E-state index contributed by atoms with van der Waals surface area (Å²) in [4.78, 5) is 21.0. The number of fused-ring (bicyclic) bond motifs is 7. The van der Waals surface area contributed by atoms with Gasteiger partial charge in [0.1, 0.15) is 0 Å². The van der Waals surface area contributed by atoms with Crippen molar-refractivity contribution in [2.75, 3.05) is 0 Å². The second-order valence-corrected chi connectivity index (χ2v) is 18.1. The average molecular weight is 886 g/mol. The van der Waals surface area contributed by atoms with Gasteiger partial charge in [0.15, 0.2) is 17.5 Å². The Morgan fingerprint density at radius 2 is 0.882 bits per heavy atom. The molecule has 13 aromatic rings. The predicted octanol–water partition coefficient (Wildman–Crippen LogP) is 16.4. The monoisotopic (exact) mass is 885 g/mol. The van der Waals surface area contributed by atoms with E-state index in [1.807, 2.05) is 78.2 Å². The molecule has 0 atom stereocenters. The third-order valence-corrected chi connectivity index (χ3v) is 14.0. The van der Waals surface area contributed by atoms with Crippen molar-refractivity contribution in [1.82, 2.24) is 24.5 Å². The predicted molar refractivity (Wildman–Crippen MR) is 283 cm³/mol. The van der Waals surface area contributed by atoms with Crippen LogP contribution in [0.5, 0.6) is 0 Å². The molecule has 0 radical (unpaired) electrons. The molecule has 0 aliphatic rings. The molecule has 0 aliphatic carbocycles. The van der Waals surface area contributed by atoms with Crippen LogP contribution < -0.4 is 0 Å². The lowest BCUT2D eigenvalue weighted by Gasteiger charge is -2.15. The van der Waals surface area contributed by atoms with Crippen LogP contribution in [0.4, 0.5) is 0 Å². The molecule has 4 heterocycles. The summed E-state index contributed by atoms with van der Waals surface area (Å²) in [6.07, 6.45) is 2.00. The molecule has 0 saturated carbocycles. The Bertz CT molecular complexity index is 3940. The van der Waals surface area contributed by atoms with Gasteiger partial charge in [-0.3, -0.25) is 4.98 Å². The van der Waals surface area contributed by atoms with Crippen LogP contribution in [-0.4, -0.2) is 24.5 Å². The van der Waals surface area contributed by atoms with Gasteiger partial charge in [0.25, 0.3) is 0 Å². The van der Waals surface area contributed by atoms with Crippen LogP contribution >= 0.6 is 11.3 Å². The minimum atomic E-state index is 0.553. The molecule has 0 bridgehead atoms. The Hall–Kier alpha value is -8.84. The second kappa shape index (κ2) is 16.5. The van der Waals surface area contributed by atoms with E-state index in [0.717, 1.165) is 61.5 Å². The Balaban J connectivity index is 1.04. The molecule has 6 heteroatoms. The normalized spacial score (nSPS) is 11.5.